The lowest BCUT2D eigenvalue weighted by Gasteiger charge is -2.10. The molecule has 0 atom stereocenters. The van der Waals surface area contributed by atoms with Crippen LogP contribution in [-0.4, -0.2) is 32.9 Å². The van der Waals surface area contributed by atoms with Crippen LogP contribution in [0.4, 0.5) is 5.69 Å². The Hall–Kier alpha value is -1.49. The minimum Gasteiger partial charge on any atom is -0.211 e. The van der Waals surface area contributed by atoms with E-state index in [2.05, 4.69) is 4.99 Å². The van der Waals surface area contributed by atoms with Crippen molar-refractivity contribution in [2.24, 2.45) is 4.99 Å². The predicted molar refractivity (Wildman–Crippen MR) is 55.1 cm³/mol. The molecule has 1 aromatic rings. The normalized spacial score (nSPS) is 11.1. The van der Waals surface area contributed by atoms with E-state index in [-0.39, 0.29) is 10.6 Å². The fourth-order valence-corrected chi connectivity index (χ4v) is 1.92. The van der Waals surface area contributed by atoms with Gasteiger partial charge in [0.05, 0.1) is 10.6 Å². The van der Waals surface area contributed by atoms with Crippen LogP contribution in [-0.2, 0) is 14.8 Å². The zero-order chi connectivity index (χ0) is 11.5. The van der Waals surface area contributed by atoms with E-state index in [0.717, 1.165) is 4.31 Å². The molecule has 0 radical (unpaired) electrons. The molecule has 0 fully saturated rings. The maximum Gasteiger partial charge on any atom is 0.242 e. The van der Waals surface area contributed by atoms with E-state index in [4.69, 9.17) is 0 Å². The van der Waals surface area contributed by atoms with Gasteiger partial charge in [-0.2, -0.15) is 4.99 Å². The molecular formula is C9H10N2O3S. The summed E-state index contributed by atoms with van der Waals surface area (Å²) in [6.07, 6.45) is 1.36. The van der Waals surface area contributed by atoms with Crippen LogP contribution in [0.25, 0.3) is 0 Å². The van der Waals surface area contributed by atoms with Gasteiger partial charge in [-0.3, -0.25) is 0 Å². The Kier molecular flexibility index (Phi) is 3.36. The SMILES string of the molecule is CN(C)S(=O)(=O)c1cccc(N=C=O)c1. The van der Waals surface area contributed by atoms with Crippen molar-refractivity contribution in [3.8, 4) is 0 Å². The third-order valence-electron chi connectivity index (χ3n) is 1.77. The summed E-state index contributed by atoms with van der Waals surface area (Å²) >= 11 is 0. The molecule has 0 unspecified atom stereocenters. The number of nitrogens with zero attached hydrogens (tertiary/aromatic N) is 2. The molecule has 0 aromatic heterocycles. The zero-order valence-electron chi connectivity index (χ0n) is 8.34. The molecule has 0 N–H and O–H groups in total. The fourth-order valence-electron chi connectivity index (χ4n) is 0.977. The number of aliphatic imine (C=N–C) groups is 1. The lowest BCUT2D eigenvalue weighted by atomic mass is 10.3. The van der Waals surface area contributed by atoms with Gasteiger partial charge < -0.3 is 0 Å². The highest BCUT2D eigenvalue weighted by Crippen LogP contribution is 2.19. The predicted octanol–water partition coefficient (Wildman–Crippen LogP) is 0.904. The highest BCUT2D eigenvalue weighted by molar-refractivity contribution is 7.89. The van der Waals surface area contributed by atoms with Crippen LogP contribution in [0.5, 0.6) is 0 Å². The Labute approximate surface area is 88.1 Å². The molecule has 1 aromatic carbocycles. The first-order valence-corrected chi connectivity index (χ1v) is 5.53. The number of rotatable bonds is 3. The van der Waals surface area contributed by atoms with Gasteiger partial charge in [-0.05, 0) is 18.2 Å². The lowest BCUT2D eigenvalue weighted by Crippen LogP contribution is -2.22. The Morgan fingerprint density at radius 3 is 2.53 bits per heavy atom. The summed E-state index contributed by atoms with van der Waals surface area (Å²) in [4.78, 5) is 13.5. The van der Waals surface area contributed by atoms with E-state index in [0.29, 0.717) is 0 Å². The second-order valence-corrected chi connectivity index (χ2v) is 5.14. The molecule has 80 valence electrons. The summed E-state index contributed by atoms with van der Waals surface area (Å²) in [7, 11) is -0.603. The maximum atomic E-state index is 11.7. The summed E-state index contributed by atoms with van der Waals surface area (Å²) < 4.78 is 24.4. The van der Waals surface area contributed by atoms with Gasteiger partial charge in [-0.15, -0.1) is 0 Å². The van der Waals surface area contributed by atoms with Gasteiger partial charge in [0.1, 0.15) is 0 Å². The second-order valence-electron chi connectivity index (χ2n) is 2.99. The molecule has 0 saturated carbocycles. The number of isocyanates is 1. The van der Waals surface area contributed by atoms with Gasteiger partial charge in [0.15, 0.2) is 0 Å². The zero-order valence-corrected chi connectivity index (χ0v) is 9.15. The van der Waals surface area contributed by atoms with Crippen LogP contribution in [0, 0.1) is 0 Å². The number of sulfonamides is 1. The van der Waals surface area contributed by atoms with Crippen molar-refractivity contribution in [2.75, 3.05) is 14.1 Å². The van der Waals surface area contributed by atoms with Crippen molar-refractivity contribution in [1.82, 2.24) is 4.31 Å². The summed E-state index contributed by atoms with van der Waals surface area (Å²) in [5.41, 5.74) is 0.271. The topological polar surface area (TPSA) is 66.8 Å². The molecule has 0 saturated heterocycles. The van der Waals surface area contributed by atoms with Crippen LogP contribution in [0.15, 0.2) is 34.2 Å². The van der Waals surface area contributed by atoms with Crippen molar-refractivity contribution in [3.63, 3.8) is 0 Å². The highest BCUT2D eigenvalue weighted by atomic mass is 32.2. The number of hydrogen-bond acceptors (Lipinski definition) is 4. The standard InChI is InChI=1S/C9H10N2O3S/c1-11(2)15(13,14)9-5-3-4-8(6-9)10-7-12/h3-6H,1-2H3. The molecule has 0 heterocycles. The van der Waals surface area contributed by atoms with E-state index in [1.54, 1.807) is 0 Å². The Morgan fingerprint density at radius 1 is 1.33 bits per heavy atom. The van der Waals surface area contributed by atoms with Crippen LogP contribution < -0.4 is 0 Å². The van der Waals surface area contributed by atoms with Crippen molar-refractivity contribution in [2.45, 2.75) is 4.90 Å². The first kappa shape index (κ1) is 11.6. The van der Waals surface area contributed by atoms with Gasteiger partial charge in [0.2, 0.25) is 16.1 Å². The Bertz CT molecular complexity index is 502. The van der Waals surface area contributed by atoms with Gasteiger partial charge in [-0.1, -0.05) is 6.07 Å². The second kappa shape index (κ2) is 4.35. The Morgan fingerprint density at radius 2 is 2.00 bits per heavy atom. The van der Waals surface area contributed by atoms with E-state index in [9.17, 15) is 13.2 Å². The highest BCUT2D eigenvalue weighted by Gasteiger charge is 2.16. The minimum atomic E-state index is -3.47. The molecule has 0 aliphatic rings. The summed E-state index contributed by atoms with van der Waals surface area (Å²) in [5, 5.41) is 0. The lowest BCUT2D eigenvalue weighted by molar-refractivity contribution is 0.520. The summed E-state index contributed by atoms with van der Waals surface area (Å²) in [6.45, 7) is 0. The van der Waals surface area contributed by atoms with E-state index in [1.807, 2.05) is 0 Å². The van der Waals surface area contributed by atoms with E-state index in [1.165, 1.54) is 44.4 Å². The monoisotopic (exact) mass is 226 g/mol. The van der Waals surface area contributed by atoms with Crippen molar-refractivity contribution < 1.29 is 13.2 Å². The molecule has 1 rings (SSSR count). The average molecular weight is 226 g/mol. The van der Waals surface area contributed by atoms with Crippen molar-refractivity contribution in [1.29, 1.82) is 0 Å². The van der Waals surface area contributed by atoms with Crippen molar-refractivity contribution >= 4 is 21.8 Å². The average Bonchev–Trinajstić information content (AvgIpc) is 2.18. The van der Waals surface area contributed by atoms with Crippen molar-refractivity contribution in [3.05, 3.63) is 24.3 Å². The summed E-state index contributed by atoms with van der Waals surface area (Å²) in [5.74, 6) is 0. The van der Waals surface area contributed by atoms with Gasteiger partial charge in [0, 0.05) is 14.1 Å². The third kappa shape index (κ3) is 2.50. The number of hydrogen-bond donors (Lipinski definition) is 0. The quantitative estimate of drug-likeness (QED) is 0.568. The van der Waals surface area contributed by atoms with Crippen LogP contribution in [0.1, 0.15) is 0 Å². The van der Waals surface area contributed by atoms with Crippen LogP contribution in [0.3, 0.4) is 0 Å². The van der Waals surface area contributed by atoms with Crippen LogP contribution >= 0.6 is 0 Å². The molecule has 6 heteroatoms. The van der Waals surface area contributed by atoms with E-state index >= 15 is 0 Å². The molecule has 5 nitrogen and oxygen atoms in total. The van der Waals surface area contributed by atoms with Crippen LogP contribution in [0.2, 0.25) is 0 Å². The molecule has 0 aliphatic carbocycles. The van der Waals surface area contributed by atoms with Gasteiger partial charge in [0.25, 0.3) is 0 Å². The van der Waals surface area contributed by atoms with E-state index < -0.39 is 10.0 Å². The maximum absolute atomic E-state index is 11.7. The summed E-state index contributed by atoms with van der Waals surface area (Å²) in [6, 6.07) is 5.81. The molecule has 15 heavy (non-hydrogen) atoms. The molecule has 0 aliphatic heterocycles. The molecule has 0 bridgehead atoms. The fraction of sp³-hybridized carbons (Fsp3) is 0.222. The molecule has 0 spiro atoms. The first-order valence-electron chi connectivity index (χ1n) is 4.09. The Balaban J connectivity index is 3.28. The third-order valence-corrected chi connectivity index (χ3v) is 3.58. The minimum absolute atomic E-state index is 0.101. The molecule has 0 amide bonds. The molecular weight excluding hydrogens is 216 g/mol. The largest absolute Gasteiger partial charge is 0.242 e. The smallest absolute Gasteiger partial charge is 0.211 e. The van der Waals surface area contributed by atoms with Gasteiger partial charge in [-0.25, -0.2) is 17.5 Å². The number of benzene rings is 1. The van der Waals surface area contributed by atoms with Gasteiger partial charge >= 0.3 is 0 Å². The number of carbonyl (C=O) groups excluding carboxylic acids is 1. The first-order chi connectivity index (χ1) is 6.98.